The molecular formula is C20H26N4O4. The third-order valence-corrected chi connectivity index (χ3v) is 4.66. The maximum Gasteiger partial charge on any atom is 0.275 e. The van der Waals surface area contributed by atoms with Gasteiger partial charge in [-0.25, -0.2) is 0 Å². The van der Waals surface area contributed by atoms with Crippen LogP contribution in [-0.4, -0.2) is 65.4 Å². The maximum absolute atomic E-state index is 13.0. The van der Waals surface area contributed by atoms with Gasteiger partial charge in [0.15, 0.2) is 0 Å². The number of methoxy groups -OCH3 is 1. The van der Waals surface area contributed by atoms with E-state index in [0.29, 0.717) is 38.4 Å². The molecule has 0 unspecified atom stereocenters. The Labute approximate surface area is 164 Å². The van der Waals surface area contributed by atoms with Crippen LogP contribution in [0.4, 0.5) is 0 Å². The Bertz CT molecular complexity index is 793. The Balaban J connectivity index is 1.74. The summed E-state index contributed by atoms with van der Waals surface area (Å²) in [6.45, 7) is 3.76. The van der Waals surface area contributed by atoms with E-state index in [4.69, 9.17) is 9.47 Å². The number of amides is 2. The molecule has 3 rings (SSSR count). The first-order valence-corrected chi connectivity index (χ1v) is 9.45. The quantitative estimate of drug-likeness (QED) is 0.692. The fraction of sp³-hybridized carbons (Fsp3) is 0.450. The van der Waals surface area contributed by atoms with Crippen LogP contribution in [0.2, 0.25) is 0 Å². The van der Waals surface area contributed by atoms with Crippen LogP contribution in [0, 0.1) is 0 Å². The van der Waals surface area contributed by atoms with Crippen LogP contribution >= 0.6 is 0 Å². The Morgan fingerprint density at radius 3 is 2.71 bits per heavy atom. The standard InChI is InChI=1S/C20H26N4O4/c1-3-23-11-9-17(22-23)20(26)24-14-16(28-15-7-5-4-6-8-15)13-18(24)19(25)21-10-12-27-2/h4-9,11,16,18H,3,10,12-14H2,1-2H3,(H,21,25)/t16-,18-/m0/s1. The molecule has 2 aromatic rings. The number of likely N-dealkylation sites (tertiary alicyclic amines) is 1. The van der Waals surface area contributed by atoms with Crippen LogP contribution in [0.25, 0.3) is 0 Å². The SMILES string of the molecule is CCn1ccc(C(=O)N2C[C@@H](Oc3ccccc3)C[C@H]2C(=O)NCCOC)n1. The first-order chi connectivity index (χ1) is 13.6. The van der Waals surface area contributed by atoms with E-state index in [1.807, 2.05) is 37.3 Å². The summed E-state index contributed by atoms with van der Waals surface area (Å²) in [5.74, 6) is 0.244. The molecule has 1 aromatic heterocycles. The lowest BCUT2D eigenvalue weighted by Gasteiger charge is -2.22. The normalized spacial score (nSPS) is 18.9. The minimum absolute atomic E-state index is 0.209. The molecule has 1 fully saturated rings. The topological polar surface area (TPSA) is 85.7 Å². The van der Waals surface area contributed by atoms with Gasteiger partial charge in [-0.1, -0.05) is 18.2 Å². The molecule has 28 heavy (non-hydrogen) atoms. The molecule has 150 valence electrons. The number of para-hydroxylation sites is 1. The van der Waals surface area contributed by atoms with E-state index in [0.717, 1.165) is 5.75 Å². The maximum atomic E-state index is 13.0. The molecule has 1 aliphatic heterocycles. The molecule has 0 spiro atoms. The fourth-order valence-electron chi connectivity index (χ4n) is 3.24. The average Bonchev–Trinajstić information content (AvgIpc) is 3.35. The molecule has 0 aliphatic carbocycles. The number of hydrogen-bond acceptors (Lipinski definition) is 5. The van der Waals surface area contributed by atoms with Gasteiger partial charge in [0, 0.05) is 32.8 Å². The highest BCUT2D eigenvalue weighted by molar-refractivity contribution is 5.96. The first kappa shape index (κ1) is 19.9. The molecule has 1 N–H and O–H groups in total. The van der Waals surface area contributed by atoms with Crippen molar-refractivity contribution in [3.05, 3.63) is 48.3 Å². The highest BCUT2D eigenvalue weighted by Crippen LogP contribution is 2.24. The number of hydrogen-bond donors (Lipinski definition) is 1. The molecule has 1 aliphatic rings. The van der Waals surface area contributed by atoms with E-state index in [9.17, 15) is 9.59 Å². The Morgan fingerprint density at radius 2 is 2.04 bits per heavy atom. The molecule has 1 aromatic carbocycles. The zero-order chi connectivity index (χ0) is 19.9. The Morgan fingerprint density at radius 1 is 1.25 bits per heavy atom. The summed E-state index contributed by atoms with van der Waals surface area (Å²) in [5.41, 5.74) is 0.330. The second-order valence-corrected chi connectivity index (χ2v) is 6.60. The summed E-state index contributed by atoms with van der Waals surface area (Å²) in [5, 5.41) is 7.11. The molecule has 2 amide bonds. The van der Waals surface area contributed by atoms with Crippen LogP contribution in [0.15, 0.2) is 42.6 Å². The lowest BCUT2D eigenvalue weighted by Crippen LogP contribution is -2.46. The molecular weight excluding hydrogens is 360 g/mol. The van der Waals surface area contributed by atoms with Crippen LogP contribution < -0.4 is 10.1 Å². The predicted octanol–water partition coefficient (Wildman–Crippen LogP) is 1.33. The van der Waals surface area contributed by atoms with Gasteiger partial charge in [0.05, 0.1) is 13.2 Å². The monoisotopic (exact) mass is 386 g/mol. The molecule has 0 bridgehead atoms. The van der Waals surface area contributed by atoms with Gasteiger partial charge in [-0.05, 0) is 25.1 Å². The number of aromatic nitrogens is 2. The van der Waals surface area contributed by atoms with E-state index >= 15 is 0 Å². The van der Waals surface area contributed by atoms with Crippen molar-refractivity contribution in [2.24, 2.45) is 0 Å². The lowest BCUT2D eigenvalue weighted by molar-refractivity contribution is -0.125. The fourth-order valence-corrected chi connectivity index (χ4v) is 3.24. The third kappa shape index (κ3) is 4.69. The van der Waals surface area contributed by atoms with E-state index in [-0.39, 0.29) is 17.9 Å². The number of carbonyl (C=O) groups is 2. The number of benzene rings is 1. The van der Waals surface area contributed by atoms with Crippen molar-refractivity contribution in [1.29, 1.82) is 0 Å². The number of ether oxygens (including phenoxy) is 2. The summed E-state index contributed by atoms with van der Waals surface area (Å²) in [6.07, 6.45) is 1.92. The number of nitrogens with zero attached hydrogens (tertiary/aromatic N) is 3. The number of rotatable bonds is 8. The van der Waals surface area contributed by atoms with Crippen molar-refractivity contribution in [3.8, 4) is 5.75 Å². The van der Waals surface area contributed by atoms with Crippen molar-refractivity contribution >= 4 is 11.8 Å². The summed E-state index contributed by atoms with van der Waals surface area (Å²) in [6, 6.07) is 10.5. The first-order valence-electron chi connectivity index (χ1n) is 9.45. The molecule has 8 nitrogen and oxygen atoms in total. The molecule has 2 atom stereocenters. The van der Waals surface area contributed by atoms with Gasteiger partial charge in [0.25, 0.3) is 5.91 Å². The smallest absolute Gasteiger partial charge is 0.275 e. The van der Waals surface area contributed by atoms with E-state index in [2.05, 4.69) is 10.4 Å². The highest BCUT2D eigenvalue weighted by atomic mass is 16.5. The van der Waals surface area contributed by atoms with Crippen LogP contribution in [-0.2, 0) is 16.1 Å². The molecule has 2 heterocycles. The van der Waals surface area contributed by atoms with Gasteiger partial charge < -0.3 is 19.7 Å². The summed E-state index contributed by atoms with van der Waals surface area (Å²) < 4.78 is 12.7. The van der Waals surface area contributed by atoms with Gasteiger partial charge in [0.2, 0.25) is 5.91 Å². The molecule has 0 saturated carbocycles. The molecule has 0 radical (unpaired) electrons. The van der Waals surface area contributed by atoms with Crippen molar-refractivity contribution in [2.45, 2.75) is 32.0 Å². The van der Waals surface area contributed by atoms with Crippen LogP contribution in [0.3, 0.4) is 0 Å². The van der Waals surface area contributed by atoms with Gasteiger partial charge in [-0.3, -0.25) is 14.3 Å². The van der Waals surface area contributed by atoms with E-state index in [1.54, 1.807) is 29.0 Å². The average molecular weight is 386 g/mol. The van der Waals surface area contributed by atoms with E-state index < -0.39 is 6.04 Å². The Hall–Kier alpha value is -2.87. The number of carbonyl (C=O) groups excluding carboxylic acids is 2. The van der Waals surface area contributed by atoms with Crippen molar-refractivity contribution in [1.82, 2.24) is 20.0 Å². The lowest BCUT2D eigenvalue weighted by atomic mass is 10.1. The van der Waals surface area contributed by atoms with Crippen LogP contribution in [0.1, 0.15) is 23.8 Å². The Kier molecular flexibility index (Phi) is 6.65. The second kappa shape index (κ2) is 9.36. The second-order valence-electron chi connectivity index (χ2n) is 6.60. The number of aryl methyl sites for hydroxylation is 1. The number of nitrogens with one attached hydrogen (secondary N) is 1. The van der Waals surface area contributed by atoms with Crippen molar-refractivity contribution in [2.75, 3.05) is 26.8 Å². The van der Waals surface area contributed by atoms with Gasteiger partial charge >= 0.3 is 0 Å². The van der Waals surface area contributed by atoms with E-state index in [1.165, 1.54) is 0 Å². The van der Waals surface area contributed by atoms with Crippen molar-refractivity contribution in [3.63, 3.8) is 0 Å². The molecule has 1 saturated heterocycles. The largest absolute Gasteiger partial charge is 0.488 e. The van der Waals surface area contributed by atoms with Gasteiger partial charge in [-0.2, -0.15) is 5.10 Å². The van der Waals surface area contributed by atoms with Crippen LogP contribution in [0.5, 0.6) is 5.75 Å². The zero-order valence-corrected chi connectivity index (χ0v) is 16.2. The zero-order valence-electron chi connectivity index (χ0n) is 16.2. The highest BCUT2D eigenvalue weighted by Gasteiger charge is 2.41. The van der Waals surface area contributed by atoms with Gasteiger partial charge in [-0.15, -0.1) is 0 Å². The summed E-state index contributed by atoms with van der Waals surface area (Å²) in [4.78, 5) is 27.2. The summed E-state index contributed by atoms with van der Waals surface area (Å²) >= 11 is 0. The molecule has 8 heteroatoms. The third-order valence-electron chi connectivity index (χ3n) is 4.66. The van der Waals surface area contributed by atoms with Gasteiger partial charge in [0.1, 0.15) is 23.6 Å². The predicted molar refractivity (Wildman–Crippen MR) is 103 cm³/mol. The van der Waals surface area contributed by atoms with Crippen molar-refractivity contribution < 1.29 is 19.1 Å². The summed E-state index contributed by atoms with van der Waals surface area (Å²) in [7, 11) is 1.57. The minimum Gasteiger partial charge on any atom is -0.488 e. The minimum atomic E-state index is -0.607.